The van der Waals surface area contributed by atoms with E-state index in [1.165, 1.54) is 17.0 Å². The van der Waals surface area contributed by atoms with Crippen molar-refractivity contribution in [2.24, 2.45) is 0 Å². The molecule has 0 aliphatic heterocycles. The van der Waals surface area contributed by atoms with Gasteiger partial charge in [-0.2, -0.15) is 0 Å². The molecule has 1 atom stereocenters. The Hall–Kier alpha value is -4.15. The van der Waals surface area contributed by atoms with Gasteiger partial charge in [0.1, 0.15) is 24.1 Å². The van der Waals surface area contributed by atoms with Gasteiger partial charge < -0.3 is 15.0 Å². The highest BCUT2D eigenvalue weighted by Gasteiger charge is 2.32. The topological polar surface area (TPSA) is 96.0 Å². The lowest BCUT2D eigenvalue weighted by atomic mass is 10.1. The fourth-order valence-corrected chi connectivity index (χ4v) is 6.35. The van der Waals surface area contributed by atoms with E-state index in [2.05, 4.69) is 21.2 Å². The first-order chi connectivity index (χ1) is 20.9. The fraction of sp³-hybridized carbons (Fsp3) is 0.235. The maximum atomic E-state index is 14.1. The summed E-state index contributed by atoms with van der Waals surface area (Å²) in [6.45, 7) is 6.77. The number of nitrogens with one attached hydrogen (secondary N) is 1. The molecule has 0 unspecified atom stereocenters. The van der Waals surface area contributed by atoms with Crippen LogP contribution >= 0.6 is 15.9 Å². The Labute approximate surface area is 267 Å². The van der Waals surface area contributed by atoms with Crippen LogP contribution in [0.15, 0.2) is 112 Å². The second-order valence-electron chi connectivity index (χ2n) is 10.7. The number of benzene rings is 4. The number of para-hydroxylation sites is 1. The number of carbonyl (C=O) groups is 2. The summed E-state index contributed by atoms with van der Waals surface area (Å²) in [5.74, 6) is 0.279. The second kappa shape index (κ2) is 14.5. The monoisotopic (exact) mass is 677 g/mol. The van der Waals surface area contributed by atoms with Crippen LogP contribution in [0, 0.1) is 6.92 Å². The molecule has 44 heavy (non-hydrogen) atoms. The molecule has 230 valence electrons. The number of hydrogen-bond donors (Lipinski definition) is 1. The number of nitrogens with zero attached hydrogens (tertiary/aromatic N) is 2. The van der Waals surface area contributed by atoms with Gasteiger partial charge >= 0.3 is 0 Å². The molecule has 4 aromatic rings. The van der Waals surface area contributed by atoms with Gasteiger partial charge in [-0.05, 0) is 93.9 Å². The Kier molecular flexibility index (Phi) is 10.8. The minimum Gasteiger partial charge on any atom is -0.457 e. The van der Waals surface area contributed by atoms with Crippen molar-refractivity contribution < 1.29 is 22.7 Å². The van der Waals surface area contributed by atoms with Crippen molar-refractivity contribution >= 4 is 43.5 Å². The van der Waals surface area contributed by atoms with E-state index in [-0.39, 0.29) is 29.1 Å². The lowest BCUT2D eigenvalue weighted by molar-refractivity contribution is -0.139. The summed E-state index contributed by atoms with van der Waals surface area (Å²) in [6, 6.07) is 28.6. The van der Waals surface area contributed by atoms with Crippen LogP contribution in [0.3, 0.4) is 0 Å². The van der Waals surface area contributed by atoms with Gasteiger partial charge in [0.2, 0.25) is 11.8 Å². The van der Waals surface area contributed by atoms with Crippen LogP contribution in [0.25, 0.3) is 0 Å². The predicted octanol–water partition coefficient (Wildman–Crippen LogP) is 6.69. The number of halogens is 1. The van der Waals surface area contributed by atoms with Gasteiger partial charge in [-0.3, -0.25) is 13.9 Å². The summed E-state index contributed by atoms with van der Waals surface area (Å²) < 4.78 is 35.9. The number of carbonyl (C=O) groups excluding carboxylic acids is 2. The molecule has 4 rings (SSSR count). The second-order valence-corrected chi connectivity index (χ2v) is 13.5. The minimum absolute atomic E-state index is 0.0460. The van der Waals surface area contributed by atoms with Gasteiger partial charge in [-0.1, -0.05) is 64.0 Å². The molecular weight excluding hydrogens is 642 g/mol. The van der Waals surface area contributed by atoms with Crippen LogP contribution in [-0.4, -0.2) is 43.8 Å². The third-order valence-electron chi connectivity index (χ3n) is 6.83. The van der Waals surface area contributed by atoms with Crippen LogP contribution in [0.1, 0.15) is 31.9 Å². The van der Waals surface area contributed by atoms with Crippen molar-refractivity contribution in [3.8, 4) is 11.5 Å². The molecule has 0 aromatic heterocycles. The summed E-state index contributed by atoms with van der Waals surface area (Å²) in [5.41, 5.74) is 1.97. The SMILES string of the molecule is Cc1ccc(S(=O)(=O)N(CC(=O)N(Cc2cccc(Br)c2)[C@H](C)C(=O)NC(C)C)c2ccc(Oc3ccccc3)cc2)cc1. The molecule has 0 saturated carbocycles. The molecule has 0 fully saturated rings. The van der Waals surface area contributed by atoms with Crippen molar-refractivity contribution in [2.45, 2.75) is 51.2 Å². The van der Waals surface area contributed by atoms with Crippen LogP contribution in [-0.2, 0) is 26.2 Å². The van der Waals surface area contributed by atoms with E-state index >= 15 is 0 Å². The number of aryl methyl sites for hydroxylation is 1. The number of anilines is 1. The smallest absolute Gasteiger partial charge is 0.264 e. The highest BCUT2D eigenvalue weighted by atomic mass is 79.9. The largest absolute Gasteiger partial charge is 0.457 e. The molecule has 1 N–H and O–H groups in total. The van der Waals surface area contributed by atoms with Gasteiger partial charge in [-0.15, -0.1) is 0 Å². The van der Waals surface area contributed by atoms with E-state index in [9.17, 15) is 18.0 Å². The fourth-order valence-electron chi connectivity index (χ4n) is 4.49. The summed E-state index contributed by atoms with van der Waals surface area (Å²) in [6.07, 6.45) is 0. The zero-order valence-corrected chi connectivity index (χ0v) is 27.5. The zero-order chi connectivity index (χ0) is 31.9. The number of amides is 2. The Morgan fingerprint density at radius 2 is 1.48 bits per heavy atom. The molecule has 0 heterocycles. The summed E-state index contributed by atoms with van der Waals surface area (Å²) >= 11 is 3.46. The van der Waals surface area contributed by atoms with Crippen LogP contribution in [0.2, 0.25) is 0 Å². The lowest BCUT2D eigenvalue weighted by Crippen LogP contribution is -2.52. The normalized spacial score (nSPS) is 12.0. The van der Waals surface area contributed by atoms with Crippen molar-refractivity contribution in [1.82, 2.24) is 10.2 Å². The van der Waals surface area contributed by atoms with Gasteiger partial charge in [0.25, 0.3) is 10.0 Å². The molecule has 4 aromatic carbocycles. The molecule has 0 radical (unpaired) electrons. The quantitative estimate of drug-likeness (QED) is 0.180. The molecule has 2 amide bonds. The maximum absolute atomic E-state index is 14.1. The first-order valence-corrected chi connectivity index (χ1v) is 16.4. The summed E-state index contributed by atoms with van der Waals surface area (Å²) in [5, 5.41) is 2.86. The van der Waals surface area contributed by atoms with Gasteiger partial charge in [0.15, 0.2) is 0 Å². The molecule has 0 saturated heterocycles. The molecular formula is C34H36BrN3O5S. The number of ether oxygens (including phenoxy) is 1. The number of rotatable bonds is 12. The van der Waals surface area contributed by atoms with E-state index in [4.69, 9.17) is 4.74 Å². The van der Waals surface area contributed by atoms with Crippen LogP contribution in [0.4, 0.5) is 5.69 Å². The van der Waals surface area contributed by atoms with Crippen molar-refractivity contribution in [1.29, 1.82) is 0 Å². The average molecular weight is 679 g/mol. The van der Waals surface area contributed by atoms with E-state index in [0.29, 0.717) is 11.5 Å². The van der Waals surface area contributed by atoms with E-state index in [1.54, 1.807) is 43.3 Å². The molecule has 10 heteroatoms. The predicted molar refractivity (Wildman–Crippen MR) is 176 cm³/mol. The summed E-state index contributed by atoms with van der Waals surface area (Å²) in [4.78, 5) is 28.6. The Bertz CT molecular complexity index is 1680. The first kappa shape index (κ1) is 32.8. The summed E-state index contributed by atoms with van der Waals surface area (Å²) in [7, 11) is -4.18. The average Bonchev–Trinajstić information content (AvgIpc) is 2.99. The molecule has 8 nitrogen and oxygen atoms in total. The standard InChI is InChI=1S/C34H36BrN3O5S/c1-24(2)36-34(40)26(4)37(22-27-9-8-10-28(35)21-27)33(39)23-38(44(41,42)32-19-13-25(3)14-20-32)29-15-17-31(18-16-29)43-30-11-6-5-7-12-30/h5-21,24,26H,22-23H2,1-4H3,(H,36,40)/t26-/m1/s1. The maximum Gasteiger partial charge on any atom is 0.264 e. The Morgan fingerprint density at radius 3 is 2.09 bits per heavy atom. The number of sulfonamides is 1. The highest BCUT2D eigenvalue weighted by molar-refractivity contribution is 9.10. The first-order valence-electron chi connectivity index (χ1n) is 14.2. The van der Waals surface area contributed by atoms with Gasteiger partial charge in [0, 0.05) is 17.1 Å². The molecule has 0 bridgehead atoms. The Morgan fingerprint density at radius 1 is 0.841 bits per heavy atom. The highest BCUT2D eigenvalue weighted by Crippen LogP contribution is 2.29. The van der Waals surface area contributed by atoms with E-state index in [1.807, 2.05) is 75.4 Å². The van der Waals surface area contributed by atoms with Crippen molar-refractivity contribution in [3.05, 3.63) is 119 Å². The van der Waals surface area contributed by atoms with E-state index < -0.39 is 28.5 Å². The third kappa shape index (κ3) is 8.48. The van der Waals surface area contributed by atoms with Crippen molar-refractivity contribution in [3.63, 3.8) is 0 Å². The molecule has 0 spiro atoms. The Balaban J connectivity index is 1.71. The molecule has 0 aliphatic rings. The number of hydrogen-bond acceptors (Lipinski definition) is 5. The van der Waals surface area contributed by atoms with E-state index in [0.717, 1.165) is 19.9 Å². The van der Waals surface area contributed by atoms with Gasteiger partial charge in [-0.25, -0.2) is 8.42 Å². The van der Waals surface area contributed by atoms with Crippen LogP contribution < -0.4 is 14.4 Å². The van der Waals surface area contributed by atoms with Crippen molar-refractivity contribution in [2.75, 3.05) is 10.8 Å². The zero-order valence-electron chi connectivity index (χ0n) is 25.1. The lowest BCUT2D eigenvalue weighted by Gasteiger charge is -2.32. The molecule has 0 aliphatic carbocycles. The third-order valence-corrected chi connectivity index (χ3v) is 9.11. The van der Waals surface area contributed by atoms with Gasteiger partial charge in [0.05, 0.1) is 10.6 Å². The minimum atomic E-state index is -4.18. The van der Waals surface area contributed by atoms with Crippen LogP contribution in [0.5, 0.6) is 11.5 Å².